The van der Waals surface area contributed by atoms with Gasteiger partial charge in [-0.05, 0) is 45.0 Å². The van der Waals surface area contributed by atoms with Crippen LogP contribution in [0.5, 0.6) is 0 Å². The third-order valence-corrected chi connectivity index (χ3v) is 2.93. The monoisotopic (exact) mass is 200 g/mol. The van der Waals surface area contributed by atoms with Crippen LogP contribution in [-0.2, 0) is 0 Å². The van der Waals surface area contributed by atoms with Crippen LogP contribution in [0.25, 0.3) is 0 Å². The van der Waals surface area contributed by atoms with Crippen LogP contribution in [0.1, 0.15) is 36.9 Å². The molecule has 2 heterocycles. The molecule has 0 radical (unpaired) electrons. The van der Waals surface area contributed by atoms with E-state index >= 15 is 0 Å². The molecule has 2 heteroatoms. The zero-order valence-corrected chi connectivity index (χ0v) is 9.33. The van der Waals surface area contributed by atoms with Crippen LogP contribution in [0.4, 0.5) is 0 Å². The van der Waals surface area contributed by atoms with Gasteiger partial charge in [-0.3, -0.25) is 9.88 Å². The van der Waals surface area contributed by atoms with Crippen molar-refractivity contribution in [3.63, 3.8) is 0 Å². The highest BCUT2D eigenvalue weighted by Crippen LogP contribution is 2.29. The predicted molar refractivity (Wildman–Crippen MR) is 61.4 cm³/mol. The molecule has 0 aromatic carbocycles. The number of likely N-dealkylation sites (tertiary alicyclic amines) is 1. The highest BCUT2D eigenvalue weighted by molar-refractivity contribution is 5.35. The molecule has 0 saturated carbocycles. The average Bonchev–Trinajstić information content (AvgIpc) is 2.65. The van der Waals surface area contributed by atoms with Gasteiger partial charge in [0.2, 0.25) is 0 Å². The van der Waals surface area contributed by atoms with E-state index in [1.165, 1.54) is 24.9 Å². The fourth-order valence-electron chi connectivity index (χ4n) is 2.18. The lowest BCUT2D eigenvalue weighted by molar-refractivity contribution is 0.317. The summed E-state index contributed by atoms with van der Waals surface area (Å²) in [6.45, 7) is 3.04. The van der Waals surface area contributed by atoms with Gasteiger partial charge in [0.05, 0.1) is 0 Å². The third-order valence-electron chi connectivity index (χ3n) is 2.93. The van der Waals surface area contributed by atoms with E-state index < -0.39 is 0 Å². The molecule has 78 valence electrons. The summed E-state index contributed by atoms with van der Waals surface area (Å²) in [6, 6.07) is 2.70. The Bertz CT molecular complexity index is 400. The molecular formula is C13H16N2. The SMILES string of the molecule is CC#Cc1cncc([C@H]2CCCN2C)c1. The van der Waals surface area contributed by atoms with Gasteiger partial charge in [0, 0.05) is 24.0 Å². The summed E-state index contributed by atoms with van der Waals surface area (Å²) in [5, 5.41) is 0. The van der Waals surface area contributed by atoms with Crippen LogP contribution >= 0.6 is 0 Å². The van der Waals surface area contributed by atoms with Gasteiger partial charge in [0.1, 0.15) is 0 Å². The fraction of sp³-hybridized carbons (Fsp3) is 0.462. The number of aromatic nitrogens is 1. The summed E-state index contributed by atoms with van der Waals surface area (Å²) < 4.78 is 0. The highest BCUT2D eigenvalue weighted by Gasteiger charge is 2.22. The van der Waals surface area contributed by atoms with Crippen LogP contribution in [0.3, 0.4) is 0 Å². The Morgan fingerprint density at radius 3 is 3.00 bits per heavy atom. The lowest BCUT2D eigenvalue weighted by atomic mass is 10.1. The van der Waals surface area contributed by atoms with Gasteiger partial charge in [-0.25, -0.2) is 0 Å². The minimum Gasteiger partial charge on any atom is -0.299 e. The van der Waals surface area contributed by atoms with Gasteiger partial charge in [0.15, 0.2) is 0 Å². The summed E-state index contributed by atoms with van der Waals surface area (Å²) in [5.74, 6) is 5.96. The van der Waals surface area contributed by atoms with E-state index in [4.69, 9.17) is 0 Å². The minimum absolute atomic E-state index is 0.538. The van der Waals surface area contributed by atoms with E-state index in [1.54, 1.807) is 0 Å². The molecule has 0 bridgehead atoms. The van der Waals surface area contributed by atoms with Crippen LogP contribution < -0.4 is 0 Å². The number of pyridine rings is 1. The molecule has 1 aliphatic heterocycles. The maximum atomic E-state index is 4.25. The molecule has 0 spiro atoms. The molecule has 15 heavy (non-hydrogen) atoms. The van der Waals surface area contributed by atoms with Gasteiger partial charge in [-0.1, -0.05) is 5.92 Å². The molecule has 2 nitrogen and oxygen atoms in total. The van der Waals surface area contributed by atoms with Crippen LogP contribution in [0.15, 0.2) is 18.5 Å². The fourth-order valence-corrected chi connectivity index (χ4v) is 2.18. The van der Waals surface area contributed by atoms with Crippen molar-refractivity contribution in [3.8, 4) is 11.8 Å². The van der Waals surface area contributed by atoms with Crippen LogP contribution in [-0.4, -0.2) is 23.5 Å². The number of nitrogens with zero attached hydrogens (tertiary/aromatic N) is 2. The second kappa shape index (κ2) is 4.46. The molecule has 0 amide bonds. The van der Waals surface area contributed by atoms with E-state index in [1.807, 2.05) is 19.3 Å². The molecule has 1 aromatic heterocycles. The Labute approximate surface area is 91.3 Å². The normalized spacial score (nSPS) is 21.1. The Hall–Kier alpha value is -1.33. The molecule has 1 aliphatic rings. The first-order chi connectivity index (χ1) is 7.31. The molecule has 1 fully saturated rings. The lowest BCUT2D eigenvalue weighted by Crippen LogP contribution is -2.17. The van der Waals surface area contributed by atoms with Crippen molar-refractivity contribution in [1.29, 1.82) is 0 Å². The molecule has 0 N–H and O–H groups in total. The molecule has 1 atom stereocenters. The molecule has 1 aromatic rings. The van der Waals surface area contributed by atoms with Crippen LogP contribution in [0.2, 0.25) is 0 Å². The topological polar surface area (TPSA) is 16.1 Å². The Kier molecular flexibility index (Phi) is 3.03. The average molecular weight is 200 g/mol. The number of hydrogen-bond donors (Lipinski definition) is 0. The van der Waals surface area contributed by atoms with Crippen molar-refractivity contribution in [2.45, 2.75) is 25.8 Å². The van der Waals surface area contributed by atoms with E-state index in [9.17, 15) is 0 Å². The quantitative estimate of drug-likeness (QED) is 0.646. The van der Waals surface area contributed by atoms with E-state index in [0.29, 0.717) is 6.04 Å². The van der Waals surface area contributed by atoms with E-state index in [2.05, 4.69) is 34.8 Å². The predicted octanol–water partition coefficient (Wildman–Crippen LogP) is 2.22. The summed E-state index contributed by atoms with van der Waals surface area (Å²) in [6.07, 6.45) is 6.31. The first-order valence-electron chi connectivity index (χ1n) is 5.39. The lowest BCUT2D eigenvalue weighted by Gasteiger charge is -2.19. The van der Waals surface area contributed by atoms with Gasteiger partial charge < -0.3 is 0 Å². The highest BCUT2D eigenvalue weighted by atomic mass is 15.1. The number of hydrogen-bond acceptors (Lipinski definition) is 2. The minimum atomic E-state index is 0.538. The van der Waals surface area contributed by atoms with Crippen LogP contribution in [0, 0.1) is 11.8 Å². The second-order valence-corrected chi connectivity index (χ2v) is 4.02. The maximum Gasteiger partial charge on any atom is 0.0431 e. The summed E-state index contributed by atoms with van der Waals surface area (Å²) >= 11 is 0. The van der Waals surface area contributed by atoms with Crippen molar-refractivity contribution >= 4 is 0 Å². The second-order valence-electron chi connectivity index (χ2n) is 4.02. The zero-order chi connectivity index (χ0) is 10.7. The van der Waals surface area contributed by atoms with E-state index in [-0.39, 0.29) is 0 Å². The molecule has 1 saturated heterocycles. The largest absolute Gasteiger partial charge is 0.299 e. The zero-order valence-electron chi connectivity index (χ0n) is 9.33. The van der Waals surface area contributed by atoms with Gasteiger partial charge in [-0.15, -0.1) is 5.92 Å². The molecule has 0 unspecified atom stereocenters. The van der Waals surface area contributed by atoms with Gasteiger partial charge in [-0.2, -0.15) is 0 Å². The van der Waals surface area contributed by atoms with E-state index in [0.717, 1.165) is 5.56 Å². The van der Waals surface area contributed by atoms with Gasteiger partial charge in [0.25, 0.3) is 0 Å². The van der Waals surface area contributed by atoms with Crippen molar-refractivity contribution in [2.24, 2.45) is 0 Å². The first-order valence-corrected chi connectivity index (χ1v) is 5.39. The summed E-state index contributed by atoms with van der Waals surface area (Å²) in [7, 11) is 2.18. The maximum absolute atomic E-state index is 4.25. The summed E-state index contributed by atoms with van der Waals surface area (Å²) in [4.78, 5) is 6.64. The number of rotatable bonds is 1. The molecular weight excluding hydrogens is 184 g/mol. The van der Waals surface area contributed by atoms with Crippen molar-refractivity contribution < 1.29 is 0 Å². The van der Waals surface area contributed by atoms with Crippen molar-refractivity contribution in [2.75, 3.05) is 13.6 Å². The van der Waals surface area contributed by atoms with Gasteiger partial charge >= 0.3 is 0 Å². The Balaban J connectivity index is 2.26. The first kappa shape index (κ1) is 10.2. The summed E-state index contributed by atoms with van der Waals surface area (Å²) in [5.41, 5.74) is 2.32. The standard InChI is InChI=1S/C13H16N2/c1-3-5-11-8-12(10-14-9-11)13-6-4-7-15(13)2/h8-10,13H,4,6-7H2,1-2H3/t13-/m1/s1. The van der Waals surface area contributed by atoms with Crippen molar-refractivity contribution in [1.82, 2.24) is 9.88 Å². The van der Waals surface area contributed by atoms with Crippen molar-refractivity contribution in [3.05, 3.63) is 29.6 Å². The smallest absolute Gasteiger partial charge is 0.0431 e. The molecule has 2 rings (SSSR count). The molecule has 0 aliphatic carbocycles. The Morgan fingerprint density at radius 1 is 1.47 bits per heavy atom. The third kappa shape index (κ3) is 2.19. The Morgan fingerprint density at radius 2 is 2.33 bits per heavy atom.